The Morgan fingerprint density at radius 2 is 1.82 bits per heavy atom. The number of anilines is 1. The summed E-state index contributed by atoms with van der Waals surface area (Å²) in [4.78, 5) is 12.3. The number of amides is 1. The molecule has 0 unspecified atom stereocenters. The standard InChI is InChI=1S/C20H25ClN2O4S/c1-14(2)27-18-9-6-16(7-10-18)12-22-20(24)13-23(28(4,25)26)17-8-5-15(3)19(21)11-17/h5-11,14H,12-13H2,1-4H3,(H,22,24). The van der Waals surface area contributed by atoms with Crippen LogP contribution in [-0.4, -0.2) is 33.2 Å². The Morgan fingerprint density at radius 1 is 1.18 bits per heavy atom. The molecule has 0 atom stereocenters. The van der Waals surface area contributed by atoms with E-state index in [0.717, 1.165) is 27.4 Å². The molecule has 0 spiro atoms. The maximum Gasteiger partial charge on any atom is 0.241 e. The summed E-state index contributed by atoms with van der Waals surface area (Å²) in [5.74, 6) is 0.342. The van der Waals surface area contributed by atoms with Gasteiger partial charge in [0.1, 0.15) is 12.3 Å². The molecule has 2 rings (SSSR count). The van der Waals surface area contributed by atoms with Crippen LogP contribution in [-0.2, 0) is 21.4 Å². The lowest BCUT2D eigenvalue weighted by molar-refractivity contribution is -0.119. The number of rotatable bonds is 8. The van der Waals surface area contributed by atoms with E-state index < -0.39 is 15.9 Å². The number of carbonyl (C=O) groups excluding carboxylic acids is 1. The zero-order chi connectivity index (χ0) is 20.9. The third-order valence-corrected chi connectivity index (χ3v) is 5.46. The predicted molar refractivity (Wildman–Crippen MR) is 112 cm³/mol. The zero-order valence-corrected chi connectivity index (χ0v) is 18.0. The van der Waals surface area contributed by atoms with Gasteiger partial charge in [-0.15, -0.1) is 0 Å². The number of hydrogen-bond donors (Lipinski definition) is 1. The Balaban J connectivity index is 2.03. The van der Waals surface area contributed by atoms with Crippen molar-refractivity contribution in [3.8, 4) is 5.75 Å². The summed E-state index contributed by atoms with van der Waals surface area (Å²) in [5.41, 5.74) is 2.06. The number of hydrogen-bond acceptors (Lipinski definition) is 4. The smallest absolute Gasteiger partial charge is 0.241 e. The van der Waals surface area contributed by atoms with Crippen molar-refractivity contribution in [2.45, 2.75) is 33.4 Å². The summed E-state index contributed by atoms with van der Waals surface area (Å²) in [6.07, 6.45) is 1.14. The molecule has 0 saturated carbocycles. The van der Waals surface area contributed by atoms with Crippen LogP contribution in [0.2, 0.25) is 5.02 Å². The summed E-state index contributed by atoms with van der Waals surface area (Å²) in [7, 11) is -3.65. The number of benzene rings is 2. The van der Waals surface area contributed by atoms with Gasteiger partial charge in [0.05, 0.1) is 18.0 Å². The minimum absolute atomic E-state index is 0.0859. The van der Waals surface area contributed by atoms with Crippen LogP contribution in [0.4, 0.5) is 5.69 Å². The normalized spacial score (nSPS) is 11.4. The van der Waals surface area contributed by atoms with E-state index in [1.54, 1.807) is 18.2 Å². The van der Waals surface area contributed by atoms with Crippen LogP contribution >= 0.6 is 11.6 Å². The van der Waals surface area contributed by atoms with Crippen LogP contribution in [0, 0.1) is 6.92 Å². The van der Waals surface area contributed by atoms with Crippen molar-refractivity contribution in [3.63, 3.8) is 0 Å². The van der Waals surface area contributed by atoms with Gasteiger partial charge in [0.25, 0.3) is 0 Å². The first-order valence-corrected chi connectivity index (χ1v) is 11.0. The molecule has 8 heteroatoms. The molecule has 0 radical (unpaired) electrons. The van der Waals surface area contributed by atoms with Crippen LogP contribution in [0.15, 0.2) is 42.5 Å². The number of carbonyl (C=O) groups is 1. The number of aryl methyl sites for hydroxylation is 1. The molecule has 0 aromatic heterocycles. The fourth-order valence-corrected chi connectivity index (χ4v) is 3.50. The maximum atomic E-state index is 12.3. The fourth-order valence-electron chi connectivity index (χ4n) is 2.48. The average Bonchev–Trinajstić information content (AvgIpc) is 2.60. The third kappa shape index (κ3) is 6.42. The van der Waals surface area contributed by atoms with Crippen molar-refractivity contribution in [1.29, 1.82) is 0 Å². The molecule has 2 aromatic rings. The van der Waals surface area contributed by atoms with E-state index in [1.165, 1.54) is 0 Å². The van der Waals surface area contributed by atoms with Crippen LogP contribution in [0.3, 0.4) is 0 Å². The summed E-state index contributed by atoms with van der Waals surface area (Å²) >= 11 is 6.10. The summed E-state index contributed by atoms with van der Waals surface area (Å²) in [6, 6.07) is 12.3. The van der Waals surface area contributed by atoms with E-state index in [4.69, 9.17) is 16.3 Å². The minimum atomic E-state index is -3.65. The Morgan fingerprint density at radius 3 is 2.36 bits per heavy atom. The molecular weight excluding hydrogens is 400 g/mol. The van der Waals surface area contributed by atoms with E-state index >= 15 is 0 Å². The highest BCUT2D eigenvalue weighted by Crippen LogP contribution is 2.24. The van der Waals surface area contributed by atoms with Crippen molar-refractivity contribution in [2.24, 2.45) is 0 Å². The van der Waals surface area contributed by atoms with Gasteiger partial charge in [-0.2, -0.15) is 0 Å². The van der Waals surface area contributed by atoms with Gasteiger partial charge in [0, 0.05) is 11.6 Å². The second kappa shape index (κ2) is 9.30. The molecule has 6 nitrogen and oxygen atoms in total. The second-order valence-electron chi connectivity index (χ2n) is 6.79. The first-order chi connectivity index (χ1) is 13.1. The molecule has 0 bridgehead atoms. The molecule has 0 saturated heterocycles. The number of nitrogens with one attached hydrogen (secondary N) is 1. The monoisotopic (exact) mass is 424 g/mol. The van der Waals surface area contributed by atoms with Crippen LogP contribution in [0.25, 0.3) is 0 Å². The van der Waals surface area contributed by atoms with E-state index in [1.807, 2.05) is 45.0 Å². The average molecular weight is 425 g/mol. The predicted octanol–water partition coefficient (Wildman–Crippen LogP) is 3.52. The van der Waals surface area contributed by atoms with Gasteiger partial charge in [0.15, 0.2) is 0 Å². The van der Waals surface area contributed by atoms with Crippen molar-refractivity contribution in [3.05, 3.63) is 58.6 Å². The highest BCUT2D eigenvalue weighted by molar-refractivity contribution is 7.92. The zero-order valence-electron chi connectivity index (χ0n) is 16.4. The molecule has 0 fully saturated rings. The van der Waals surface area contributed by atoms with E-state index in [0.29, 0.717) is 10.7 Å². The summed E-state index contributed by atoms with van der Waals surface area (Å²) in [6.45, 7) is 5.67. The lowest BCUT2D eigenvalue weighted by Gasteiger charge is -2.22. The molecule has 2 aromatic carbocycles. The number of halogens is 1. The summed E-state index contributed by atoms with van der Waals surface area (Å²) in [5, 5.41) is 3.18. The Labute approximate surface area is 171 Å². The SMILES string of the molecule is Cc1ccc(N(CC(=O)NCc2ccc(OC(C)C)cc2)S(C)(=O)=O)cc1Cl. The highest BCUT2D eigenvalue weighted by Gasteiger charge is 2.21. The van der Waals surface area contributed by atoms with Gasteiger partial charge < -0.3 is 10.1 Å². The fraction of sp³-hybridized carbons (Fsp3) is 0.350. The quantitative estimate of drug-likeness (QED) is 0.703. The number of nitrogens with zero attached hydrogens (tertiary/aromatic N) is 1. The van der Waals surface area contributed by atoms with Gasteiger partial charge in [-0.1, -0.05) is 29.8 Å². The second-order valence-corrected chi connectivity index (χ2v) is 9.10. The molecular formula is C20H25ClN2O4S. The molecule has 152 valence electrons. The van der Waals surface area contributed by atoms with Gasteiger partial charge in [0.2, 0.25) is 15.9 Å². The van der Waals surface area contributed by atoms with Crippen molar-refractivity contribution < 1.29 is 17.9 Å². The van der Waals surface area contributed by atoms with Gasteiger partial charge in [-0.05, 0) is 56.2 Å². The van der Waals surface area contributed by atoms with Crippen LogP contribution in [0.5, 0.6) is 5.75 Å². The first kappa shape index (κ1) is 22.0. The van der Waals surface area contributed by atoms with E-state index in [9.17, 15) is 13.2 Å². The Bertz CT molecular complexity index is 928. The van der Waals surface area contributed by atoms with E-state index in [-0.39, 0.29) is 19.2 Å². The largest absolute Gasteiger partial charge is 0.491 e. The Hall–Kier alpha value is -2.25. The van der Waals surface area contributed by atoms with E-state index in [2.05, 4.69) is 5.32 Å². The van der Waals surface area contributed by atoms with Gasteiger partial charge >= 0.3 is 0 Å². The first-order valence-electron chi connectivity index (χ1n) is 8.82. The Kier molecular flexibility index (Phi) is 7.32. The number of ether oxygens (including phenoxy) is 1. The molecule has 0 aliphatic rings. The molecule has 28 heavy (non-hydrogen) atoms. The molecule has 0 heterocycles. The van der Waals surface area contributed by atoms with Crippen molar-refractivity contribution in [2.75, 3.05) is 17.1 Å². The highest BCUT2D eigenvalue weighted by atomic mass is 35.5. The number of sulfonamides is 1. The van der Waals surface area contributed by atoms with Gasteiger partial charge in [-0.25, -0.2) is 8.42 Å². The molecule has 0 aliphatic heterocycles. The minimum Gasteiger partial charge on any atom is -0.491 e. The topological polar surface area (TPSA) is 75.7 Å². The molecule has 1 N–H and O–H groups in total. The maximum absolute atomic E-state index is 12.3. The third-order valence-electron chi connectivity index (χ3n) is 3.92. The van der Waals surface area contributed by atoms with Crippen LogP contribution < -0.4 is 14.4 Å². The lowest BCUT2D eigenvalue weighted by Crippen LogP contribution is -2.40. The van der Waals surface area contributed by atoms with Crippen molar-refractivity contribution in [1.82, 2.24) is 5.32 Å². The van der Waals surface area contributed by atoms with Gasteiger partial charge in [-0.3, -0.25) is 9.10 Å². The van der Waals surface area contributed by atoms with Crippen LogP contribution in [0.1, 0.15) is 25.0 Å². The molecule has 0 aliphatic carbocycles. The summed E-state index contributed by atoms with van der Waals surface area (Å²) < 4.78 is 30.9. The molecule has 1 amide bonds. The van der Waals surface area contributed by atoms with Crippen molar-refractivity contribution >= 4 is 33.2 Å². The lowest BCUT2D eigenvalue weighted by atomic mass is 10.2.